The van der Waals surface area contributed by atoms with Gasteiger partial charge >= 0.3 is 5.69 Å². The number of carbonyl (C=O) groups excluding carboxylic acids is 1. The van der Waals surface area contributed by atoms with Crippen LogP contribution in [0.3, 0.4) is 0 Å². The molecule has 0 aromatic heterocycles. The first kappa shape index (κ1) is 21.0. The van der Waals surface area contributed by atoms with Crippen molar-refractivity contribution in [3.8, 4) is 17.2 Å². The van der Waals surface area contributed by atoms with Gasteiger partial charge in [-0.2, -0.15) is 0 Å². The highest BCUT2D eigenvalue weighted by Crippen LogP contribution is 2.46. The molecule has 0 unspecified atom stereocenters. The predicted octanol–water partition coefficient (Wildman–Crippen LogP) is 3.90. The Hall–Kier alpha value is -3.29. The fourth-order valence-corrected chi connectivity index (χ4v) is 3.06. The lowest BCUT2D eigenvalue weighted by molar-refractivity contribution is -0.386. The minimum Gasteiger partial charge on any atom is -0.493 e. The second kappa shape index (κ2) is 8.60. The molecule has 0 atom stereocenters. The third kappa shape index (κ3) is 3.71. The molecule has 8 heteroatoms. The quantitative estimate of drug-likeness (QED) is 0.528. The Morgan fingerprint density at radius 2 is 1.71 bits per heavy atom. The molecule has 2 rings (SSSR count). The molecule has 8 nitrogen and oxygen atoms in total. The lowest BCUT2D eigenvalue weighted by atomic mass is 10.1. The number of benzene rings is 2. The van der Waals surface area contributed by atoms with Gasteiger partial charge in [0.25, 0.3) is 5.91 Å². The lowest BCUT2D eigenvalue weighted by Crippen LogP contribution is -2.32. The first-order valence-corrected chi connectivity index (χ1v) is 8.67. The van der Waals surface area contributed by atoms with Gasteiger partial charge in [-0.15, -0.1) is 0 Å². The topological polar surface area (TPSA) is 91.1 Å². The molecule has 0 bridgehead atoms. The van der Waals surface area contributed by atoms with Crippen molar-refractivity contribution in [2.75, 3.05) is 32.8 Å². The van der Waals surface area contributed by atoms with E-state index in [0.717, 1.165) is 11.1 Å². The number of nitro groups is 1. The van der Waals surface area contributed by atoms with Crippen LogP contribution in [0.15, 0.2) is 24.3 Å². The maximum Gasteiger partial charge on any atom is 0.327 e. The van der Waals surface area contributed by atoms with Gasteiger partial charge in [0.15, 0.2) is 5.75 Å². The number of aryl methyl sites for hydroxylation is 2. The summed E-state index contributed by atoms with van der Waals surface area (Å²) >= 11 is 0. The Morgan fingerprint density at radius 3 is 2.21 bits per heavy atom. The minimum absolute atomic E-state index is 0.0584. The van der Waals surface area contributed by atoms with Crippen molar-refractivity contribution in [3.63, 3.8) is 0 Å². The van der Waals surface area contributed by atoms with Gasteiger partial charge in [0.1, 0.15) is 5.56 Å². The highest BCUT2D eigenvalue weighted by Gasteiger charge is 2.34. The molecule has 0 aliphatic rings. The van der Waals surface area contributed by atoms with E-state index in [1.54, 1.807) is 0 Å². The Labute approximate surface area is 163 Å². The van der Waals surface area contributed by atoms with Crippen LogP contribution in [0.2, 0.25) is 0 Å². The number of methoxy groups -OCH3 is 3. The molecule has 28 heavy (non-hydrogen) atoms. The van der Waals surface area contributed by atoms with Crippen LogP contribution < -0.4 is 19.1 Å². The van der Waals surface area contributed by atoms with E-state index in [4.69, 9.17) is 14.2 Å². The van der Waals surface area contributed by atoms with Gasteiger partial charge in [-0.1, -0.05) is 12.1 Å². The van der Waals surface area contributed by atoms with Crippen molar-refractivity contribution in [1.29, 1.82) is 0 Å². The average Bonchev–Trinajstić information content (AvgIpc) is 2.68. The third-order valence-electron chi connectivity index (χ3n) is 4.43. The SMILES string of the molecule is CCN(C(=O)c1cc(OC)c(OC)c(OC)c1[N+](=O)[O-])c1cc(C)ccc1C. The second-order valence-electron chi connectivity index (χ2n) is 6.14. The van der Waals surface area contributed by atoms with Gasteiger partial charge in [-0.05, 0) is 38.0 Å². The predicted molar refractivity (Wildman–Crippen MR) is 106 cm³/mol. The number of hydrogen-bond acceptors (Lipinski definition) is 6. The number of anilines is 1. The summed E-state index contributed by atoms with van der Waals surface area (Å²) in [5.41, 5.74) is 1.95. The largest absolute Gasteiger partial charge is 0.493 e. The molecule has 0 saturated heterocycles. The zero-order chi connectivity index (χ0) is 21.0. The molecule has 0 aliphatic heterocycles. The Balaban J connectivity index is 2.75. The number of amides is 1. The van der Waals surface area contributed by atoms with E-state index >= 15 is 0 Å². The number of carbonyl (C=O) groups is 1. The van der Waals surface area contributed by atoms with E-state index in [0.29, 0.717) is 12.2 Å². The normalized spacial score (nSPS) is 10.4. The van der Waals surface area contributed by atoms with E-state index in [1.807, 2.05) is 39.0 Å². The molecule has 0 aliphatic carbocycles. The van der Waals surface area contributed by atoms with Crippen molar-refractivity contribution in [2.45, 2.75) is 20.8 Å². The van der Waals surface area contributed by atoms with Crippen LogP contribution >= 0.6 is 0 Å². The van der Waals surface area contributed by atoms with Crippen molar-refractivity contribution in [2.24, 2.45) is 0 Å². The fourth-order valence-electron chi connectivity index (χ4n) is 3.06. The highest BCUT2D eigenvalue weighted by atomic mass is 16.6. The molecular weight excluding hydrogens is 364 g/mol. The molecule has 1 amide bonds. The minimum atomic E-state index is -0.648. The van der Waals surface area contributed by atoms with Gasteiger partial charge in [0, 0.05) is 18.3 Å². The molecule has 0 radical (unpaired) electrons. The van der Waals surface area contributed by atoms with Crippen molar-refractivity contribution in [3.05, 3.63) is 51.1 Å². The average molecular weight is 388 g/mol. The summed E-state index contributed by atoms with van der Waals surface area (Å²) in [5.74, 6) is -0.456. The zero-order valence-electron chi connectivity index (χ0n) is 16.9. The molecule has 0 saturated carbocycles. The summed E-state index contributed by atoms with van der Waals surface area (Å²) in [6.45, 7) is 5.94. The molecule has 2 aromatic carbocycles. The smallest absolute Gasteiger partial charge is 0.327 e. The van der Waals surface area contributed by atoms with Crippen molar-refractivity contribution in [1.82, 2.24) is 0 Å². The van der Waals surface area contributed by atoms with Gasteiger partial charge in [-0.3, -0.25) is 14.9 Å². The first-order chi connectivity index (χ1) is 13.3. The molecule has 0 fully saturated rings. The molecule has 150 valence electrons. The first-order valence-electron chi connectivity index (χ1n) is 8.67. The van der Waals surface area contributed by atoms with E-state index in [-0.39, 0.29) is 22.8 Å². The van der Waals surface area contributed by atoms with Gasteiger partial charge in [0.2, 0.25) is 11.5 Å². The zero-order valence-corrected chi connectivity index (χ0v) is 16.9. The van der Waals surface area contributed by atoms with E-state index in [2.05, 4.69) is 0 Å². The van der Waals surface area contributed by atoms with Crippen LogP contribution in [0.5, 0.6) is 17.2 Å². The standard InChI is InChI=1S/C20H24N2O6/c1-7-21(15-10-12(2)8-9-13(15)3)20(23)14-11-16(26-4)18(27-5)19(28-6)17(14)22(24)25/h8-11H,7H2,1-6H3. The lowest BCUT2D eigenvalue weighted by Gasteiger charge is -2.24. The maximum atomic E-state index is 13.4. The molecular formula is C20H24N2O6. The maximum absolute atomic E-state index is 13.4. The summed E-state index contributed by atoms with van der Waals surface area (Å²) in [5, 5.41) is 11.8. The Morgan fingerprint density at radius 1 is 1.07 bits per heavy atom. The summed E-state index contributed by atoms with van der Waals surface area (Å²) in [7, 11) is 4.01. The van der Waals surface area contributed by atoms with Gasteiger partial charge in [-0.25, -0.2) is 0 Å². The number of hydrogen-bond donors (Lipinski definition) is 0. The van der Waals surface area contributed by atoms with E-state index in [1.165, 1.54) is 32.3 Å². The molecule has 2 aromatic rings. The fraction of sp³-hybridized carbons (Fsp3) is 0.350. The van der Waals surface area contributed by atoms with E-state index < -0.39 is 16.5 Å². The molecule has 0 spiro atoms. The number of ether oxygens (including phenoxy) is 3. The highest BCUT2D eigenvalue weighted by molar-refractivity contribution is 6.10. The number of rotatable bonds is 7. The third-order valence-corrected chi connectivity index (χ3v) is 4.43. The van der Waals surface area contributed by atoms with Crippen molar-refractivity contribution >= 4 is 17.3 Å². The molecule has 0 heterocycles. The summed E-state index contributed by atoms with van der Waals surface area (Å²) < 4.78 is 15.7. The van der Waals surface area contributed by atoms with Crippen LogP contribution in [-0.4, -0.2) is 38.7 Å². The Kier molecular flexibility index (Phi) is 6.45. The summed E-state index contributed by atoms with van der Waals surface area (Å²) in [4.78, 5) is 26.0. The Bertz CT molecular complexity index is 910. The van der Waals surface area contributed by atoms with Crippen LogP contribution in [-0.2, 0) is 0 Å². The molecule has 0 N–H and O–H groups in total. The van der Waals surface area contributed by atoms with Gasteiger partial charge < -0.3 is 19.1 Å². The second-order valence-corrected chi connectivity index (χ2v) is 6.14. The van der Waals surface area contributed by atoms with Crippen LogP contribution in [0, 0.1) is 24.0 Å². The van der Waals surface area contributed by atoms with Crippen LogP contribution in [0.25, 0.3) is 0 Å². The monoisotopic (exact) mass is 388 g/mol. The van der Waals surface area contributed by atoms with E-state index in [9.17, 15) is 14.9 Å². The van der Waals surface area contributed by atoms with Crippen LogP contribution in [0.1, 0.15) is 28.4 Å². The summed E-state index contributed by atoms with van der Waals surface area (Å²) in [6, 6.07) is 7.04. The number of nitrogens with zero attached hydrogens (tertiary/aromatic N) is 2. The van der Waals surface area contributed by atoms with Gasteiger partial charge in [0.05, 0.1) is 26.3 Å². The summed E-state index contributed by atoms with van der Waals surface area (Å²) in [6.07, 6.45) is 0. The number of nitro benzene ring substituents is 1. The van der Waals surface area contributed by atoms with Crippen molar-refractivity contribution < 1.29 is 23.9 Å². The van der Waals surface area contributed by atoms with Crippen LogP contribution in [0.4, 0.5) is 11.4 Å².